The first-order valence-corrected chi connectivity index (χ1v) is 6.53. The first kappa shape index (κ1) is 14.0. The molecule has 1 aromatic heterocycles. The van der Waals surface area contributed by atoms with Gasteiger partial charge in [0.25, 0.3) is 0 Å². The molecule has 0 radical (unpaired) electrons. The van der Waals surface area contributed by atoms with Crippen molar-refractivity contribution in [2.24, 2.45) is 7.05 Å². The van der Waals surface area contributed by atoms with Crippen molar-refractivity contribution in [2.45, 2.75) is 26.4 Å². The first-order chi connectivity index (χ1) is 8.99. The second-order valence-electron chi connectivity index (χ2n) is 4.63. The Labute approximate surface area is 117 Å². The molecule has 2 rings (SSSR count). The summed E-state index contributed by atoms with van der Waals surface area (Å²) in [5.41, 5.74) is 2.96. The lowest BCUT2D eigenvalue weighted by Crippen LogP contribution is -2.18. The van der Waals surface area contributed by atoms with Crippen molar-refractivity contribution in [3.8, 4) is 0 Å². The van der Waals surface area contributed by atoms with E-state index in [1.807, 2.05) is 20.9 Å². The number of halogens is 2. The lowest BCUT2D eigenvalue weighted by Gasteiger charge is -2.14. The Kier molecular flexibility index (Phi) is 4.22. The highest BCUT2D eigenvalue weighted by Gasteiger charge is 2.12. The third kappa shape index (κ3) is 3.14. The van der Waals surface area contributed by atoms with Gasteiger partial charge in [0, 0.05) is 25.2 Å². The number of hydrogen-bond acceptors (Lipinski definition) is 2. The Morgan fingerprint density at radius 3 is 2.53 bits per heavy atom. The minimum absolute atomic E-state index is 0.122. The smallest absolute Gasteiger partial charge is 0.131 e. The highest BCUT2D eigenvalue weighted by Crippen LogP contribution is 2.20. The maximum atomic E-state index is 12.9. The fourth-order valence-corrected chi connectivity index (χ4v) is 2.24. The SMILES string of the molecule is Cc1nn(C)c(Cl)c1CNC(C)c1ccc(F)cc1. The van der Waals surface area contributed by atoms with Crippen LogP contribution >= 0.6 is 11.6 Å². The average molecular weight is 282 g/mol. The lowest BCUT2D eigenvalue weighted by molar-refractivity contribution is 0.570. The van der Waals surface area contributed by atoms with E-state index in [-0.39, 0.29) is 11.9 Å². The fraction of sp³-hybridized carbons (Fsp3) is 0.357. The van der Waals surface area contributed by atoms with E-state index in [0.29, 0.717) is 11.7 Å². The molecule has 0 bridgehead atoms. The van der Waals surface area contributed by atoms with Gasteiger partial charge in [-0.1, -0.05) is 23.7 Å². The third-order valence-electron chi connectivity index (χ3n) is 3.22. The van der Waals surface area contributed by atoms with Gasteiger partial charge in [-0.15, -0.1) is 0 Å². The van der Waals surface area contributed by atoms with Gasteiger partial charge >= 0.3 is 0 Å². The summed E-state index contributed by atoms with van der Waals surface area (Å²) >= 11 is 6.18. The normalized spacial score (nSPS) is 12.7. The van der Waals surface area contributed by atoms with Crippen LogP contribution in [0.4, 0.5) is 4.39 Å². The van der Waals surface area contributed by atoms with E-state index in [1.165, 1.54) is 12.1 Å². The summed E-state index contributed by atoms with van der Waals surface area (Å²) in [6, 6.07) is 6.62. The van der Waals surface area contributed by atoms with Gasteiger partial charge in [0.05, 0.1) is 5.69 Å². The predicted molar refractivity (Wildman–Crippen MR) is 74.6 cm³/mol. The molecule has 102 valence electrons. The zero-order chi connectivity index (χ0) is 14.0. The van der Waals surface area contributed by atoms with Crippen LogP contribution in [0.5, 0.6) is 0 Å². The highest BCUT2D eigenvalue weighted by atomic mass is 35.5. The summed E-state index contributed by atoms with van der Waals surface area (Å²) in [6.07, 6.45) is 0. The largest absolute Gasteiger partial charge is 0.306 e. The molecule has 0 amide bonds. The van der Waals surface area contributed by atoms with Crippen LogP contribution in [0.3, 0.4) is 0 Å². The molecule has 1 N–H and O–H groups in total. The molecule has 0 aliphatic heterocycles. The van der Waals surface area contributed by atoms with E-state index in [4.69, 9.17) is 11.6 Å². The Balaban J connectivity index is 2.04. The van der Waals surface area contributed by atoms with E-state index in [9.17, 15) is 4.39 Å². The van der Waals surface area contributed by atoms with E-state index >= 15 is 0 Å². The van der Waals surface area contributed by atoms with Crippen molar-refractivity contribution in [3.05, 3.63) is 52.1 Å². The molecule has 19 heavy (non-hydrogen) atoms. The Morgan fingerprint density at radius 1 is 1.37 bits per heavy atom. The third-order valence-corrected chi connectivity index (χ3v) is 3.70. The van der Waals surface area contributed by atoms with E-state index in [0.717, 1.165) is 16.8 Å². The molecule has 0 spiro atoms. The number of hydrogen-bond donors (Lipinski definition) is 1. The minimum atomic E-state index is -0.220. The molecule has 0 fully saturated rings. The van der Waals surface area contributed by atoms with Crippen LogP contribution in [0.2, 0.25) is 5.15 Å². The van der Waals surface area contributed by atoms with E-state index in [2.05, 4.69) is 10.4 Å². The topological polar surface area (TPSA) is 29.9 Å². The Bertz CT molecular complexity index is 563. The molecule has 1 heterocycles. The van der Waals surface area contributed by atoms with Crippen LogP contribution < -0.4 is 5.32 Å². The summed E-state index contributed by atoms with van der Waals surface area (Å²) in [7, 11) is 1.82. The van der Waals surface area contributed by atoms with Gasteiger partial charge in [0.15, 0.2) is 0 Å². The molecule has 1 unspecified atom stereocenters. The van der Waals surface area contributed by atoms with Crippen molar-refractivity contribution < 1.29 is 4.39 Å². The van der Waals surface area contributed by atoms with Crippen molar-refractivity contribution in [2.75, 3.05) is 0 Å². The van der Waals surface area contributed by atoms with Crippen LogP contribution in [0, 0.1) is 12.7 Å². The molecule has 0 saturated carbocycles. The van der Waals surface area contributed by atoms with Gasteiger partial charge in [-0.2, -0.15) is 5.10 Å². The lowest BCUT2D eigenvalue weighted by atomic mass is 10.1. The second kappa shape index (κ2) is 5.72. The number of aryl methyl sites for hydroxylation is 2. The van der Waals surface area contributed by atoms with Crippen molar-refractivity contribution in [3.63, 3.8) is 0 Å². The first-order valence-electron chi connectivity index (χ1n) is 6.16. The summed E-state index contributed by atoms with van der Waals surface area (Å²) in [6.45, 7) is 4.61. The predicted octanol–water partition coefficient (Wildman–Crippen LogP) is 3.37. The molecule has 0 aliphatic rings. The number of rotatable bonds is 4. The summed E-state index contributed by atoms with van der Waals surface area (Å²) in [5, 5.41) is 8.29. The average Bonchev–Trinajstić information content (AvgIpc) is 2.62. The number of nitrogens with one attached hydrogen (secondary N) is 1. The molecule has 1 aromatic carbocycles. The summed E-state index contributed by atoms with van der Waals surface area (Å²) < 4.78 is 14.5. The van der Waals surface area contributed by atoms with Crippen LogP contribution in [-0.4, -0.2) is 9.78 Å². The van der Waals surface area contributed by atoms with Gasteiger partial charge in [0.2, 0.25) is 0 Å². The molecule has 2 aromatic rings. The monoisotopic (exact) mass is 281 g/mol. The standard InChI is InChI=1S/C14H17ClFN3/c1-9(11-4-6-12(16)7-5-11)17-8-13-10(2)18-19(3)14(13)15/h4-7,9,17H,8H2,1-3H3. The number of aromatic nitrogens is 2. The molecule has 3 nitrogen and oxygen atoms in total. The maximum absolute atomic E-state index is 12.9. The molecular formula is C14H17ClFN3. The zero-order valence-electron chi connectivity index (χ0n) is 11.2. The van der Waals surface area contributed by atoms with Crippen molar-refractivity contribution >= 4 is 11.6 Å². The summed E-state index contributed by atoms with van der Waals surface area (Å²) in [5.74, 6) is -0.220. The van der Waals surface area contributed by atoms with Crippen LogP contribution in [-0.2, 0) is 13.6 Å². The Hall–Kier alpha value is -1.39. The van der Waals surface area contributed by atoms with E-state index in [1.54, 1.807) is 16.8 Å². The number of benzene rings is 1. The highest BCUT2D eigenvalue weighted by molar-refractivity contribution is 6.30. The summed E-state index contributed by atoms with van der Waals surface area (Å²) in [4.78, 5) is 0. The molecule has 0 saturated heterocycles. The second-order valence-corrected chi connectivity index (χ2v) is 4.99. The van der Waals surface area contributed by atoms with Gasteiger partial charge < -0.3 is 5.32 Å². The van der Waals surface area contributed by atoms with Gasteiger partial charge in [0.1, 0.15) is 11.0 Å². The maximum Gasteiger partial charge on any atom is 0.131 e. The minimum Gasteiger partial charge on any atom is -0.306 e. The quantitative estimate of drug-likeness (QED) is 0.931. The zero-order valence-corrected chi connectivity index (χ0v) is 12.0. The Morgan fingerprint density at radius 2 is 2.00 bits per heavy atom. The fourth-order valence-electron chi connectivity index (χ4n) is 2.00. The van der Waals surface area contributed by atoms with Gasteiger partial charge in [-0.25, -0.2) is 4.39 Å². The van der Waals surface area contributed by atoms with Crippen LogP contribution in [0.25, 0.3) is 0 Å². The van der Waals surface area contributed by atoms with Crippen molar-refractivity contribution in [1.82, 2.24) is 15.1 Å². The molecular weight excluding hydrogens is 265 g/mol. The molecule has 5 heteroatoms. The van der Waals surface area contributed by atoms with Gasteiger partial charge in [-0.3, -0.25) is 4.68 Å². The van der Waals surface area contributed by atoms with E-state index < -0.39 is 0 Å². The van der Waals surface area contributed by atoms with Gasteiger partial charge in [-0.05, 0) is 31.5 Å². The van der Waals surface area contributed by atoms with Crippen LogP contribution in [0.1, 0.15) is 29.8 Å². The van der Waals surface area contributed by atoms with Crippen molar-refractivity contribution in [1.29, 1.82) is 0 Å². The number of nitrogens with zero attached hydrogens (tertiary/aromatic N) is 2. The molecule has 0 aliphatic carbocycles. The molecule has 1 atom stereocenters. The van der Waals surface area contributed by atoms with Crippen LogP contribution in [0.15, 0.2) is 24.3 Å².